The summed E-state index contributed by atoms with van der Waals surface area (Å²) in [6.07, 6.45) is 1.65. The number of amides is 2. The van der Waals surface area contributed by atoms with Gasteiger partial charge in [0.1, 0.15) is 0 Å². The summed E-state index contributed by atoms with van der Waals surface area (Å²) in [5.41, 5.74) is 1.75. The Hall–Kier alpha value is -2.51. The molecule has 0 spiro atoms. The first kappa shape index (κ1) is 17.9. The predicted molar refractivity (Wildman–Crippen MR) is 108 cm³/mol. The number of thiophene rings is 1. The van der Waals surface area contributed by atoms with E-state index >= 15 is 0 Å². The summed E-state index contributed by atoms with van der Waals surface area (Å²) in [7, 11) is 0. The van der Waals surface area contributed by atoms with Crippen LogP contribution in [0.15, 0.2) is 53.2 Å². The minimum absolute atomic E-state index is 0.0816. The average Bonchev–Trinajstić information content (AvgIpc) is 3.42. The molecular weight excluding hydrogens is 378 g/mol. The van der Waals surface area contributed by atoms with Crippen molar-refractivity contribution in [1.29, 1.82) is 0 Å². The number of thiazole rings is 1. The first-order valence-electron chi connectivity index (χ1n) is 8.83. The molecule has 1 fully saturated rings. The van der Waals surface area contributed by atoms with E-state index in [0.717, 1.165) is 16.9 Å². The fraction of sp³-hybridized carbons (Fsp3) is 0.250. The van der Waals surface area contributed by atoms with Gasteiger partial charge in [-0.25, -0.2) is 4.98 Å². The van der Waals surface area contributed by atoms with E-state index in [1.165, 1.54) is 11.3 Å². The lowest BCUT2D eigenvalue weighted by Gasteiger charge is -2.18. The number of anilines is 1. The molecule has 2 aromatic heterocycles. The molecule has 5 nitrogen and oxygen atoms in total. The third-order valence-electron chi connectivity index (χ3n) is 4.45. The Bertz CT molecular complexity index is 922. The van der Waals surface area contributed by atoms with Crippen molar-refractivity contribution in [2.75, 3.05) is 11.4 Å². The van der Waals surface area contributed by atoms with Gasteiger partial charge in [-0.1, -0.05) is 36.4 Å². The summed E-state index contributed by atoms with van der Waals surface area (Å²) >= 11 is 3.04. The number of nitrogens with zero attached hydrogens (tertiary/aromatic N) is 2. The lowest BCUT2D eigenvalue weighted by Crippen LogP contribution is -2.30. The molecule has 1 aliphatic rings. The van der Waals surface area contributed by atoms with Gasteiger partial charge >= 0.3 is 0 Å². The molecule has 7 heteroatoms. The zero-order valence-corrected chi connectivity index (χ0v) is 16.3. The lowest BCUT2D eigenvalue weighted by molar-refractivity contribution is -0.121. The van der Waals surface area contributed by atoms with Gasteiger partial charge in [0.2, 0.25) is 11.8 Å². The molecule has 27 heavy (non-hydrogen) atoms. The van der Waals surface area contributed by atoms with Crippen molar-refractivity contribution in [3.8, 4) is 0 Å². The summed E-state index contributed by atoms with van der Waals surface area (Å²) < 4.78 is 0. The normalized spacial score (nSPS) is 15.1. The first-order valence-corrected chi connectivity index (χ1v) is 10.6. The van der Waals surface area contributed by atoms with E-state index in [2.05, 4.69) is 10.3 Å². The fourth-order valence-electron chi connectivity index (χ4n) is 3.15. The largest absolute Gasteiger partial charge is 0.344 e. The maximum Gasteiger partial charge on any atom is 0.228 e. The third-order valence-corrected chi connectivity index (χ3v) is 6.30. The molecule has 0 unspecified atom stereocenters. The van der Waals surface area contributed by atoms with Crippen molar-refractivity contribution in [1.82, 2.24) is 10.3 Å². The number of nitrogens with one attached hydrogen (secondary N) is 1. The van der Waals surface area contributed by atoms with Crippen LogP contribution in [0.3, 0.4) is 0 Å². The van der Waals surface area contributed by atoms with E-state index in [1.807, 2.05) is 53.2 Å². The van der Waals surface area contributed by atoms with Gasteiger partial charge in [0.25, 0.3) is 0 Å². The minimum Gasteiger partial charge on any atom is -0.344 e. The van der Waals surface area contributed by atoms with Crippen molar-refractivity contribution < 1.29 is 9.59 Å². The Morgan fingerprint density at radius 1 is 1.19 bits per heavy atom. The Morgan fingerprint density at radius 2 is 2.04 bits per heavy atom. The number of benzene rings is 1. The van der Waals surface area contributed by atoms with Crippen LogP contribution in [0.2, 0.25) is 0 Å². The molecule has 3 aromatic rings. The standard InChI is InChI=1S/C20H19N3O2S2/c24-17(12-15-13-27-20(21-15)23-10-4-9-18(23)25)22-19(16-8-5-11-26-16)14-6-2-1-3-7-14/h1-3,5-8,11,13,19H,4,9-10,12H2,(H,22,24)/t19-/m1/s1. The van der Waals surface area contributed by atoms with Crippen LogP contribution in [0.5, 0.6) is 0 Å². The Kier molecular flexibility index (Phi) is 5.31. The quantitative estimate of drug-likeness (QED) is 0.689. The van der Waals surface area contributed by atoms with Crippen molar-refractivity contribution in [2.24, 2.45) is 0 Å². The number of rotatable bonds is 6. The van der Waals surface area contributed by atoms with Crippen molar-refractivity contribution in [2.45, 2.75) is 25.3 Å². The van der Waals surface area contributed by atoms with Gasteiger partial charge in [-0.15, -0.1) is 22.7 Å². The van der Waals surface area contributed by atoms with Gasteiger partial charge in [0.15, 0.2) is 5.13 Å². The first-order chi connectivity index (χ1) is 13.2. The van der Waals surface area contributed by atoms with Crippen molar-refractivity contribution >= 4 is 39.6 Å². The second-order valence-corrected chi connectivity index (χ2v) is 8.19. The summed E-state index contributed by atoms with van der Waals surface area (Å²) in [5, 5.41) is 7.70. The second-order valence-electron chi connectivity index (χ2n) is 6.37. The molecule has 1 atom stereocenters. The van der Waals surface area contributed by atoms with E-state index in [0.29, 0.717) is 23.8 Å². The molecule has 1 N–H and O–H groups in total. The highest BCUT2D eigenvalue weighted by atomic mass is 32.1. The number of carbonyl (C=O) groups excluding carboxylic acids is 2. The maximum absolute atomic E-state index is 12.7. The van der Waals surface area contributed by atoms with Crippen LogP contribution in [0.1, 0.15) is 35.0 Å². The van der Waals surface area contributed by atoms with Gasteiger partial charge in [-0.2, -0.15) is 0 Å². The summed E-state index contributed by atoms with van der Waals surface area (Å²) in [6, 6.07) is 13.8. The van der Waals surface area contributed by atoms with Crippen LogP contribution in [-0.4, -0.2) is 23.3 Å². The van der Waals surface area contributed by atoms with Crippen LogP contribution in [0.25, 0.3) is 0 Å². The smallest absolute Gasteiger partial charge is 0.228 e. The highest BCUT2D eigenvalue weighted by molar-refractivity contribution is 7.14. The Balaban J connectivity index is 1.46. The molecule has 0 bridgehead atoms. The van der Waals surface area contributed by atoms with Crippen molar-refractivity contribution in [3.63, 3.8) is 0 Å². The number of hydrogen-bond donors (Lipinski definition) is 1. The second kappa shape index (κ2) is 8.02. The molecule has 2 amide bonds. The highest BCUT2D eigenvalue weighted by Crippen LogP contribution is 2.27. The monoisotopic (exact) mass is 397 g/mol. The van der Waals surface area contributed by atoms with E-state index in [4.69, 9.17) is 0 Å². The topological polar surface area (TPSA) is 62.3 Å². The fourth-order valence-corrected chi connectivity index (χ4v) is 4.82. The van der Waals surface area contributed by atoms with E-state index < -0.39 is 0 Å². The van der Waals surface area contributed by atoms with E-state index in [-0.39, 0.29) is 24.3 Å². The lowest BCUT2D eigenvalue weighted by atomic mass is 10.1. The van der Waals surface area contributed by atoms with Gasteiger partial charge < -0.3 is 5.32 Å². The van der Waals surface area contributed by atoms with Gasteiger partial charge in [-0.05, 0) is 23.4 Å². The van der Waals surface area contributed by atoms with Crippen molar-refractivity contribution in [3.05, 3.63) is 69.4 Å². The number of aromatic nitrogens is 1. The Labute approximate surface area is 165 Å². The predicted octanol–water partition coefficient (Wildman–Crippen LogP) is 3.78. The van der Waals surface area contributed by atoms with E-state index in [9.17, 15) is 9.59 Å². The number of carbonyl (C=O) groups is 2. The summed E-state index contributed by atoms with van der Waals surface area (Å²) in [5.74, 6) is 0.0315. The van der Waals surface area contributed by atoms with Crippen LogP contribution in [0, 0.1) is 0 Å². The molecule has 3 heterocycles. The molecule has 0 saturated carbocycles. The molecular formula is C20H19N3O2S2. The summed E-state index contributed by atoms with van der Waals surface area (Å²) in [6.45, 7) is 0.715. The van der Waals surface area contributed by atoms with Gasteiger partial charge in [-0.3, -0.25) is 14.5 Å². The summed E-state index contributed by atoms with van der Waals surface area (Å²) in [4.78, 5) is 31.8. The molecule has 4 rings (SSSR count). The zero-order valence-electron chi connectivity index (χ0n) is 14.6. The molecule has 1 aromatic carbocycles. The highest BCUT2D eigenvalue weighted by Gasteiger charge is 2.25. The van der Waals surface area contributed by atoms with E-state index in [1.54, 1.807) is 16.2 Å². The van der Waals surface area contributed by atoms with Gasteiger partial charge in [0, 0.05) is 23.2 Å². The third kappa shape index (κ3) is 4.09. The molecule has 0 radical (unpaired) electrons. The molecule has 138 valence electrons. The van der Waals surface area contributed by atoms with Crippen LogP contribution in [0.4, 0.5) is 5.13 Å². The Morgan fingerprint density at radius 3 is 2.74 bits per heavy atom. The maximum atomic E-state index is 12.7. The van der Waals surface area contributed by atoms with Crippen LogP contribution < -0.4 is 10.2 Å². The molecule has 1 saturated heterocycles. The molecule has 1 aliphatic heterocycles. The molecule has 0 aliphatic carbocycles. The zero-order chi connectivity index (χ0) is 18.6. The SMILES string of the molecule is O=C(Cc1csc(N2CCCC2=O)n1)N[C@H](c1ccccc1)c1cccs1. The van der Waals surface area contributed by atoms with Crippen LogP contribution in [-0.2, 0) is 16.0 Å². The van der Waals surface area contributed by atoms with Gasteiger partial charge in [0.05, 0.1) is 18.2 Å². The minimum atomic E-state index is -0.169. The average molecular weight is 398 g/mol. The van der Waals surface area contributed by atoms with Crippen LogP contribution >= 0.6 is 22.7 Å². The number of hydrogen-bond acceptors (Lipinski definition) is 5.